The Balaban J connectivity index is 1.80. The minimum Gasteiger partial charge on any atom is -0.465 e. The molecule has 10 heteroatoms. The predicted molar refractivity (Wildman–Crippen MR) is 130 cm³/mol. The van der Waals surface area contributed by atoms with Gasteiger partial charge >= 0.3 is 5.97 Å². The summed E-state index contributed by atoms with van der Waals surface area (Å²) in [6.45, 7) is 3.85. The minimum atomic E-state index is -3.87. The lowest BCUT2D eigenvalue weighted by Gasteiger charge is -2.24. The Morgan fingerprint density at radius 3 is 2.48 bits per heavy atom. The van der Waals surface area contributed by atoms with Gasteiger partial charge in [-0.15, -0.1) is 11.3 Å². The molecule has 0 unspecified atom stereocenters. The molecule has 8 nitrogen and oxygen atoms in total. The molecule has 2 aromatic heterocycles. The van der Waals surface area contributed by atoms with Crippen LogP contribution in [0.5, 0.6) is 0 Å². The van der Waals surface area contributed by atoms with Crippen molar-refractivity contribution in [1.82, 2.24) is 9.97 Å². The summed E-state index contributed by atoms with van der Waals surface area (Å²) in [4.78, 5) is 21.9. The van der Waals surface area contributed by atoms with Crippen LogP contribution in [-0.2, 0) is 14.8 Å². The SMILES string of the molecule is CCN(c1ccccc1)S(=O)(=O)c1ccccc1Nc1ncnc2sc(C(=O)OC)c(C)c12. The zero-order valence-corrected chi connectivity index (χ0v) is 19.9. The van der Waals surface area contributed by atoms with Crippen LogP contribution in [0.4, 0.5) is 17.2 Å². The maximum atomic E-state index is 13.6. The largest absolute Gasteiger partial charge is 0.465 e. The van der Waals surface area contributed by atoms with Crippen LogP contribution >= 0.6 is 11.3 Å². The summed E-state index contributed by atoms with van der Waals surface area (Å²) in [5.74, 6) is -0.0415. The average molecular weight is 483 g/mol. The fraction of sp³-hybridized carbons (Fsp3) is 0.174. The van der Waals surface area contributed by atoms with Crippen molar-refractivity contribution in [3.8, 4) is 0 Å². The lowest BCUT2D eigenvalue weighted by Crippen LogP contribution is -2.31. The Bertz CT molecular complexity index is 1420. The standard InChI is InChI=1S/C23H22N4O4S2/c1-4-27(16-10-6-5-7-11-16)33(29,30)18-13-9-8-12-17(18)26-21-19-15(2)20(23(28)31-3)32-22(19)25-14-24-21/h5-14H,4H2,1-3H3,(H,24,25,26). The number of hydrogen-bond donors (Lipinski definition) is 1. The number of rotatable bonds is 7. The van der Waals surface area contributed by atoms with E-state index >= 15 is 0 Å². The molecule has 0 aliphatic rings. The molecule has 0 fully saturated rings. The average Bonchev–Trinajstić information content (AvgIpc) is 3.17. The Hall–Kier alpha value is -3.50. The van der Waals surface area contributed by atoms with Gasteiger partial charge in [0.1, 0.15) is 26.7 Å². The van der Waals surface area contributed by atoms with Gasteiger partial charge in [-0.3, -0.25) is 4.31 Å². The van der Waals surface area contributed by atoms with Gasteiger partial charge in [0.25, 0.3) is 10.0 Å². The molecule has 0 aliphatic carbocycles. The molecule has 0 spiro atoms. The van der Waals surface area contributed by atoms with E-state index in [1.165, 1.54) is 29.1 Å². The van der Waals surface area contributed by atoms with Crippen LogP contribution in [0, 0.1) is 6.92 Å². The van der Waals surface area contributed by atoms with Crippen molar-refractivity contribution in [2.45, 2.75) is 18.7 Å². The normalized spacial score (nSPS) is 11.4. The lowest BCUT2D eigenvalue weighted by molar-refractivity contribution is 0.0605. The molecule has 0 aliphatic heterocycles. The lowest BCUT2D eigenvalue weighted by atomic mass is 10.2. The molecule has 170 valence electrons. The van der Waals surface area contributed by atoms with Crippen LogP contribution in [0.2, 0.25) is 0 Å². The number of esters is 1. The molecule has 0 saturated heterocycles. The number of ether oxygens (including phenoxy) is 1. The molecule has 0 saturated carbocycles. The second-order valence-electron chi connectivity index (χ2n) is 7.08. The van der Waals surface area contributed by atoms with Crippen molar-refractivity contribution < 1.29 is 17.9 Å². The number of sulfonamides is 1. The maximum Gasteiger partial charge on any atom is 0.348 e. The summed E-state index contributed by atoms with van der Waals surface area (Å²) in [5, 5.41) is 3.80. The highest BCUT2D eigenvalue weighted by molar-refractivity contribution is 7.93. The van der Waals surface area contributed by atoms with Gasteiger partial charge in [0.2, 0.25) is 0 Å². The number of hydrogen-bond acceptors (Lipinski definition) is 8. The first-order chi connectivity index (χ1) is 15.9. The molecule has 0 atom stereocenters. The number of methoxy groups -OCH3 is 1. The van der Waals surface area contributed by atoms with Gasteiger partial charge in [-0.1, -0.05) is 30.3 Å². The van der Waals surface area contributed by atoms with E-state index in [1.807, 2.05) is 6.07 Å². The molecule has 4 aromatic rings. The first kappa shape index (κ1) is 22.7. The molecule has 1 N–H and O–H groups in total. The fourth-order valence-corrected chi connectivity index (χ4v) is 6.27. The number of para-hydroxylation sites is 2. The van der Waals surface area contributed by atoms with Crippen LogP contribution in [0.3, 0.4) is 0 Å². The van der Waals surface area contributed by atoms with Crippen molar-refractivity contribution in [3.05, 3.63) is 71.4 Å². The minimum absolute atomic E-state index is 0.114. The van der Waals surface area contributed by atoms with E-state index in [0.717, 1.165) is 0 Å². The third kappa shape index (κ3) is 4.14. The van der Waals surface area contributed by atoms with Gasteiger partial charge < -0.3 is 10.1 Å². The number of nitrogens with zero attached hydrogens (tertiary/aromatic N) is 3. The highest BCUT2D eigenvalue weighted by Gasteiger charge is 2.27. The van der Waals surface area contributed by atoms with E-state index in [9.17, 15) is 13.2 Å². The van der Waals surface area contributed by atoms with Gasteiger partial charge in [-0.05, 0) is 43.7 Å². The summed E-state index contributed by atoms with van der Waals surface area (Å²) in [6, 6.07) is 15.6. The van der Waals surface area contributed by atoms with Gasteiger partial charge in [-0.25, -0.2) is 23.2 Å². The molecule has 4 rings (SSSR count). The van der Waals surface area contributed by atoms with Crippen molar-refractivity contribution >= 4 is 54.7 Å². The van der Waals surface area contributed by atoms with E-state index in [1.54, 1.807) is 62.4 Å². The summed E-state index contributed by atoms with van der Waals surface area (Å²) >= 11 is 1.20. The van der Waals surface area contributed by atoms with Crippen LogP contribution < -0.4 is 9.62 Å². The van der Waals surface area contributed by atoms with Gasteiger partial charge in [0.05, 0.1) is 23.9 Å². The van der Waals surface area contributed by atoms with E-state index < -0.39 is 16.0 Å². The molecule has 2 aromatic carbocycles. The molecule has 0 bridgehead atoms. The van der Waals surface area contributed by atoms with Crippen LogP contribution in [-0.4, -0.2) is 38.0 Å². The molecule has 0 radical (unpaired) electrons. The topological polar surface area (TPSA) is 101 Å². The van der Waals surface area contributed by atoms with Crippen LogP contribution in [0.25, 0.3) is 10.2 Å². The number of nitrogens with one attached hydrogen (secondary N) is 1. The van der Waals surface area contributed by atoms with Crippen molar-refractivity contribution in [2.24, 2.45) is 0 Å². The smallest absolute Gasteiger partial charge is 0.348 e. The highest BCUT2D eigenvalue weighted by atomic mass is 32.2. The third-order valence-corrected chi connectivity index (χ3v) is 8.28. The zero-order valence-electron chi connectivity index (χ0n) is 18.3. The van der Waals surface area contributed by atoms with Gasteiger partial charge in [-0.2, -0.15) is 0 Å². The van der Waals surface area contributed by atoms with Crippen molar-refractivity contribution in [1.29, 1.82) is 0 Å². The number of fused-ring (bicyclic) bond motifs is 1. The van der Waals surface area contributed by atoms with Crippen molar-refractivity contribution in [2.75, 3.05) is 23.3 Å². The van der Waals surface area contributed by atoms with Crippen molar-refractivity contribution in [3.63, 3.8) is 0 Å². The molecule has 2 heterocycles. The third-order valence-electron chi connectivity index (χ3n) is 5.14. The van der Waals surface area contributed by atoms with Crippen LogP contribution in [0.15, 0.2) is 65.8 Å². The number of anilines is 3. The number of aryl methyl sites for hydroxylation is 1. The van der Waals surface area contributed by atoms with Gasteiger partial charge in [0.15, 0.2) is 0 Å². The maximum absolute atomic E-state index is 13.6. The Morgan fingerprint density at radius 1 is 1.09 bits per heavy atom. The number of benzene rings is 2. The zero-order chi connectivity index (χ0) is 23.6. The van der Waals surface area contributed by atoms with E-state index in [4.69, 9.17) is 4.74 Å². The summed E-state index contributed by atoms with van der Waals surface area (Å²) < 4.78 is 33.5. The predicted octanol–water partition coefficient (Wildman–Crippen LogP) is 4.75. The number of carbonyl (C=O) groups is 1. The second-order valence-corrected chi connectivity index (χ2v) is 9.91. The number of carbonyl (C=O) groups excluding carboxylic acids is 1. The summed E-state index contributed by atoms with van der Waals surface area (Å²) in [6.07, 6.45) is 1.38. The molecular formula is C23H22N4O4S2. The first-order valence-corrected chi connectivity index (χ1v) is 12.4. The Labute approximate surface area is 195 Å². The molecular weight excluding hydrogens is 460 g/mol. The fourth-order valence-electron chi connectivity index (χ4n) is 3.58. The molecule has 33 heavy (non-hydrogen) atoms. The summed E-state index contributed by atoms with van der Waals surface area (Å²) in [7, 11) is -2.55. The van der Waals surface area contributed by atoms with E-state index in [2.05, 4.69) is 15.3 Å². The van der Waals surface area contributed by atoms with E-state index in [0.29, 0.717) is 37.8 Å². The Morgan fingerprint density at radius 2 is 1.79 bits per heavy atom. The van der Waals surface area contributed by atoms with Crippen LogP contribution in [0.1, 0.15) is 22.2 Å². The number of aromatic nitrogens is 2. The summed E-state index contributed by atoms with van der Waals surface area (Å²) in [5.41, 5.74) is 1.62. The quantitative estimate of drug-likeness (QED) is 0.380. The Kier molecular flexibility index (Phi) is 6.30. The number of thiophene rings is 1. The van der Waals surface area contributed by atoms with Gasteiger partial charge in [0, 0.05) is 6.54 Å². The second kappa shape index (κ2) is 9.16. The monoisotopic (exact) mass is 482 g/mol. The highest BCUT2D eigenvalue weighted by Crippen LogP contribution is 2.36. The van der Waals surface area contributed by atoms with E-state index in [-0.39, 0.29) is 11.4 Å². The first-order valence-electron chi connectivity index (χ1n) is 10.1. The molecule has 0 amide bonds.